The van der Waals surface area contributed by atoms with Gasteiger partial charge < -0.3 is 10.2 Å². The molecule has 104 valence electrons. The summed E-state index contributed by atoms with van der Waals surface area (Å²) in [7, 11) is 0. The van der Waals surface area contributed by atoms with Crippen LogP contribution in [0.1, 0.15) is 25.7 Å². The van der Waals surface area contributed by atoms with Gasteiger partial charge >= 0.3 is 0 Å². The van der Waals surface area contributed by atoms with Crippen LogP contribution in [0.2, 0.25) is 0 Å². The average molecular weight is 268 g/mol. The zero-order chi connectivity index (χ0) is 13.7. The van der Waals surface area contributed by atoms with Crippen LogP contribution in [-0.2, 0) is 4.79 Å². The smallest absolute Gasteiger partial charge is 0.241 e. The van der Waals surface area contributed by atoms with E-state index in [2.05, 4.69) is 5.32 Å². The molecular weight excluding hydrogens is 250 g/mol. The maximum atomic E-state index is 13.4. The van der Waals surface area contributed by atoms with Crippen LogP contribution in [0.3, 0.4) is 0 Å². The Morgan fingerprint density at radius 1 is 1.16 bits per heavy atom. The van der Waals surface area contributed by atoms with Gasteiger partial charge in [0.25, 0.3) is 0 Å². The third-order valence-electron chi connectivity index (χ3n) is 3.32. The van der Waals surface area contributed by atoms with E-state index in [1.807, 2.05) is 0 Å². The number of hydrogen-bond donors (Lipinski definition) is 1. The van der Waals surface area contributed by atoms with Crippen LogP contribution in [-0.4, -0.2) is 30.4 Å². The molecule has 0 spiro atoms. The highest BCUT2D eigenvalue weighted by Gasteiger charge is 2.15. The summed E-state index contributed by atoms with van der Waals surface area (Å²) in [4.78, 5) is 13.8. The van der Waals surface area contributed by atoms with Gasteiger partial charge in [0.15, 0.2) is 0 Å². The van der Waals surface area contributed by atoms with E-state index in [0.29, 0.717) is 0 Å². The first-order valence-electron chi connectivity index (χ1n) is 6.63. The Bertz CT molecular complexity index is 443. The number of carbonyl (C=O) groups is 1. The lowest BCUT2D eigenvalue weighted by Gasteiger charge is -2.20. The van der Waals surface area contributed by atoms with Crippen molar-refractivity contribution in [1.29, 1.82) is 0 Å². The van der Waals surface area contributed by atoms with E-state index in [4.69, 9.17) is 0 Å². The lowest BCUT2D eigenvalue weighted by molar-refractivity contribution is -0.129. The number of nitrogens with one attached hydrogen (secondary N) is 1. The van der Waals surface area contributed by atoms with Gasteiger partial charge in [-0.3, -0.25) is 4.79 Å². The molecule has 5 heteroatoms. The highest BCUT2D eigenvalue weighted by Crippen LogP contribution is 2.15. The molecule has 1 aliphatic rings. The van der Waals surface area contributed by atoms with Crippen LogP contribution in [0.5, 0.6) is 0 Å². The maximum absolute atomic E-state index is 13.4. The normalized spacial score (nSPS) is 16.0. The Morgan fingerprint density at radius 3 is 2.47 bits per heavy atom. The second kappa shape index (κ2) is 6.50. The number of halogens is 2. The molecule has 0 atom stereocenters. The van der Waals surface area contributed by atoms with E-state index in [-0.39, 0.29) is 18.1 Å². The summed E-state index contributed by atoms with van der Waals surface area (Å²) in [5, 5.41) is 2.72. The molecule has 1 aromatic carbocycles. The van der Waals surface area contributed by atoms with Crippen LogP contribution >= 0.6 is 0 Å². The molecule has 0 bridgehead atoms. The Kier molecular flexibility index (Phi) is 4.71. The molecular formula is C14H18F2N2O. The monoisotopic (exact) mass is 268 g/mol. The van der Waals surface area contributed by atoms with Crippen LogP contribution in [0.15, 0.2) is 18.2 Å². The van der Waals surface area contributed by atoms with E-state index in [0.717, 1.165) is 44.8 Å². The molecule has 1 amide bonds. The summed E-state index contributed by atoms with van der Waals surface area (Å²) < 4.78 is 26.1. The first kappa shape index (κ1) is 13.8. The number of likely N-dealkylation sites (tertiary alicyclic amines) is 1. The van der Waals surface area contributed by atoms with Crippen molar-refractivity contribution in [1.82, 2.24) is 4.90 Å². The standard InChI is InChI=1S/C14H18F2N2O/c15-11-5-6-13(12(16)9-11)17-10-14(19)18-7-3-1-2-4-8-18/h5-6,9,17H,1-4,7-8,10H2. The molecule has 3 nitrogen and oxygen atoms in total. The van der Waals surface area contributed by atoms with Crippen LogP contribution in [0, 0.1) is 11.6 Å². The van der Waals surface area contributed by atoms with Gasteiger partial charge in [0, 0.05) is 19.2 Å². The molecule has 1 N–H and O–H groups in total. The third kappa shape index (κ3) is 3.91. The van der Waals surface area contributed by atoms with Crippen LogP contribution in [0.25, 0.3) is 0 Å². The number of nitrogens with zero attached hydrogens (tertiary/aromatic N) is 1. The number of rotatable bonds is 3. The topological polar surface area (TPSA) is 32.3 Å². The van der Waals surface area contributed by atoms with E-state index in [1.54, 1.807) is 4.90 Å². The van der Waals surface area contributed by atoms with E-state index in [1.165, 1.54) is 12.1 Å². The largest absolute Gasteiger partial charge is 0.374 e. The van der Waals surface area contributed by atoms with Gasteiger partial charge in [0.1, 0.15) is 11.6 Å². The number of anilines is 1. The molecule has 0 unspecified atom stereocenters. The van der Waals surface area contributed by atoms with Gasteiger partial charge in [-0.15, -0.1) is 0 Å². The van der Waals surface area contributed by atoms with Gasteiger partial charge in [-0.25, -0.2) is 8.78 Å². The van der Waals surface area contributed by atoms with E-state index < -0.39 is 11.6 Å². The predicted molar refractivity (Wildman–Crippen MR) is 69.9 cm³/mol. The minimum atomic E-state index is -0.677. The van der Waals surface area contributed by atoms with Crippen molar-refractivity contribution in [2.75, 3.05) is 25.0 Å². The summed E-state index contributed by atoms with van der Waals surface area (Å²) >= 11 is 0. The van der Waals surface area contributed by atoms with Gasteiger partial charge in [-0.1, -0.05) is 12.8 Å². The summed E-state index contributed by atoms with van der Waals surface area (Å²) in [5.74, 6) is -1.34. The van der Waals surface area contributed by atoms with Gasteiger partial charge in [0.05, 0.1) is 12.2 Å². The Hall–Kier alpha value is -1.65. The van der Waals surface area contributed by atoms with Crippen molar-refractivity contribution in [3.63, 3.8) is 0 Å². The van der Waals surface area contributed by atoms with Crippen molar-refractivity contribution in [2.24, 2.45) is 0 Å². The molecule has 1 heterocycles. The number of amides is 1. The number of carbonyl (C=O) groups excluding carboxylic acids is 1. The summed E-state index contributed by atoms with van der Waals surface area (Å²) in [6, 6.07) is 3.28. The van der Waals surface area contributed by atoms with E-state index in [9.17, 15) is 13.6 Å². The fourth-order valence-electron chi connectivity index (χ4n) is 2.24. The first-order chi connectivity index (χ1) is 9.16. The second-order valence-corrected chi connectivity index (χ2v) is 4.77. The highest BCUT2D eigenvalue weighted by molar-refractivity contribution is 5.80. The van der Waals surface area contributed by atoms with Gasteiger partial charge in [0.2, 0.25) is 5.91 Å². The Balaban J connectivity index is 1.88. The third-order valence-corrected chi connectivity index (χ3v) is 3.32. The van der Waals surface area contributed by atoms with Crippen molar-refractivity contribution in [3.05, 3.63) is 29.8 Å². The summed E-state index contributed by atoms with van der Waals surface area (Å²) in [6.45, 7) is 1.58. The van der Waals surface area contributed by atoms with Crippen molar-refractivity contribution >= 4 is 11.6 Å². The molecule has 1 saturated heterocycles. The lowest BCUT2D eigenvalue weighted by Crippen LogP contribution is -2.36. The maximum Gasteiger partial charge on any atom is 0.241 e. The van der Waals surface area contributed by atoms with Gasteiger partial charge in [-0.2, -0.15) is 0 Å². The van der Waals surface area contributed by atoms with Gasteiger partial charge in [-0.05, 0) is 25.0 Å². The van der Waals surface area contributed by atoms with Crippen LogP contribution in [0.4, 0.5) is 14.5 Å². The molecule has 0 aliphatic carbocycles. The highest BCUT2D eigenvalue weighted by atomic mass is 19.1. The SMILES string of the molecule is O=C(CNc1ccc(F)cc1F)N1CCCCCC1. The molecule has 0 saturated carbocycles. The molecule has 0 radical (unpaired) electrons. The number of benzene rings is 1. The first-order valence-corrected chi connectivity index (χ1v) is 6.63. The molecule has 19 heavy (non-hydrogen) atoms. The number of hydrogen-bond acceptors (Lipinski definition) is 2. The average Bonchev–Trinajstić information content (AvgIpc) is 2.66. The van der Waals surface area contributed by atoms with Crippen molar-refractivity contribution in [2.45, 2.75) is 25.7 Å². The van der Waals surface area contributed by atoms with Crippen LogP contribution < -0.4 is 5.32 Å². The van der Waals surface area contributed by atoms with Crippen molar-refractivity contribution in [3.8, 4) is 0 Å². The fraction of sp³-hybridized carbons (Fsp3) is 0.500. The Labute approximate surface area is 111 Å². The minimum absolute atomic E-state index is 0.0365. The molecule has 1 fully saturated rings. The van der Waals surface area contributed by atoms with Crippen molar-refractivity contribution < 1.29 is 13.6 Å². The predicted octanol–water partition coefficient (Wildman–Crippen LogP) is 2.78. The molecule has 1 aliphatic heterocycles. The summed E-state index contributed by atoms with van der Waals surface area (Å²) in [5.41, 5.74) is 0.157. The zero-order valence-corrected chi connectivity index (χ0v) is 10.8. The Morgan fingerprint density at radius 2 is 1.84 bits per heavy atom. The minimum Gasteiger partial charge on any atom is -0.374 e. The van der Waals surface area contributed by atoms with E-state index >= 15 is 0 Å². The lowest BCUT2D eigenvalue weighted by atomic mass is 10.2. The molecule has 1 aromatic rings. The fourth-order valence-corrected chi connectivity index (χ4v) is 2.24. The quantitative estimate of drug-likeness (QED) is 0.914. The summed E-state index contributed by atoms with van der Waals surface area (Å²) in [6.07, 6.45) is 4.36. The zero-order valence-electron chi connectivity index (χ0n) is 10.8. The second-order valence-electron chi connectivity index (χ2n) is 4.77. The molecule has 2 rings (SSSR count). The molecule has 0 aromatic heterocycles.